The van der Waals surface area contributed by atoms with E-state index in [2.05, 4.69) is 30.9 Å². The summed E-state index contributed by atoms with van der Waals surface area (Å²) in [6.45, 7) is 1.73. The van der Waals surface area contributed by atoms with E-state index in [1.165, 1.54) is 0 Å². The Labute approximate surface area is 166 Å². The third-order valence-corrected chi connectivity index (χ3v) is 4.75. The first-order valence-electron chi connectivity index (χ1n) is 8.10. The molecule has 2 heterocycles. The highest BCUT2D eigenvalue weighted by Gasteiger charge is 2.34. The van der Waals surface area contributed by atoms with Crippen LogP contribution in [0.3, 0.4) is 0 Å². The van der Waals surface area contributed by atoms with Crippen LogP contribution in [-0.4, -0.2) is 28.0 Å². The van der Waals surface area contributed by atoms with Crippen molar-refractivity contribution in [2.45, 2.75) is 13.1 Å². The summed E-state index contributed by atoms with van der Waals surface area (Å²) in [7, 11) is 1.68. The van der Waals surface area contributed by atoms with Crippen LogP contribution in [0.1, 0.15) is 11.3 Å². The van der Waals surface area contributed by atoms with E-state index >= 15 is 0 Å². The minimum atomic E-state index is -4.87. The third-order valence-electron chi connectivity index (χ3n) is 3.66. The SMILES string of the molecule is CNc1nccc(-c2sc(NC(=O)Nc3ccc(F)c(C(F)(F)F)c3)nc2C)n1. The Bertz CT molecular complexity index is 1050. The molecule has 2 aromatic heterocycles. The molecule has 3 aromatic rings. The number of urea groups is 1. The average Bonchev–Trinajstić information content (AvgIpc) is 3.02. The van der Waals surface area contributed by atoms with Gasteiger partial charge in [-0.3, -0.25) is 5.32 Å². The van der Waals surface area contributed by atoms with E-state index < -0.39 is 23.6 Å². The van der Waals surface area contributed by atoms with E-state index in [1.807, 2.05) is 0 Å². The monoisotopic (exact) mass is 426 g/mol. The number of hydrogen-bond acceptors (Lipinski definition) is 6. The number of alkyl halides is 3. The number of carbonyl (C=O) groups excluding carboxylic acids is 1. The second kappa shape index (κ2) is 7.99. The first-order chi connectivity index (χ1) is 13.7. The lowest BCUT2D eigenvalue weighted by atomic mass is 10.2. The molecule has 0 fully saturated rings. The third kappa shape index (κ3) is 4.77. The first-order valence-corrected chi connectivity index (χ1v) is 8.92. The minimum Gasteiger partial charge on any atom is -0.357 e. The zero-order valence-electron chi connectivity index (χ0n) is 15.1. The highest BCUT2D eigenvalue weighted by molar-refractivity contribution is 7.19. The summed E-state index contributed by atoms with van der Waals surface area (Å²) < 4.78 is 51.7. The molecule has 0 unspecified atom stereocenters. The smallest absolute Gasteiger partial charge is 0.357 e. The van der Waals surface area contributed by atoms with E-state index in [-0.39, 0.29) is 10.8 Å². The van der Waals surface area contributed by atoms with Gasteiger partial charge >= 0.3 is 12.2 Å². The maximum atomic E-state index is 13.3. The number of aromatic nitrogens is 3. The Morgan fingerprint density at radius 1 is 1.14 bits per heavy atom. The van der Waals surface area contributed by atoms with Gasteiger partial charge in [-0.05, 0) is 31.2 Å². The molecule has 0 bridgehead atoms. The van der Waals surface area contributed by atoms with Crippen molar-refractivity contribution in [3.8, 4) is 10.6 Å². The Morgan fingerprint density at radius 2 is 1.90 bits per heavy atom. The van der Waals surface area contributed by atoms with E-state index in [9.17, 15) is 22.4 Å². The largest absolute Gasteiger partial charge is 0.419 e. The van der Waals surface area contributed by atoms with Gasteiger partial charge in [-0.25, -0.2) is 24.1 Å². The second-order valence-electron chi connectivity index (χ2n) is 5.72. The number of aryl methyl sites for hydroxylation is 1. The Morgan fingerprint density at radius 3 is 2.59 bits per heavy atom. The number of amides is 2. The van der Waals surface area contributed by atoms with Crippen molar-refractivity contribution in [3.63, 3.8) is 0 Å². The van der Waals surface area contributed by atoms with Crippen molar-refractivity contribution in [3.05, 3.63) is 47.5 Å². The number of thiazole rings is 1. The van der Waals surface area contributed by atoms with E-state index in [0.29, 0.717) is 34.3 Å². The van der Waals surface area contributed by atoms with Crippen LogP contribution < -0.4 is 16.0 Å². The molecular weight excluding hydrogens is 412 g/mol. The van der Waals surface area contributed by atoms with Crippen LogP contribution >= 0.6 is 11.3 Å². The van der Waals surface area contributed by atoms with Crippen molar-refractivity contribution in [2.75, 3.05) is 23.0 Å². The predicted octanol–water partition coefficient (Wildman–Crippen LogP) is 4.75. The van der Waals surface area contributed by atoms with E-state index in [1.54, 1.807) is 26.2 Å². The summed E-state index contributed by atoms with van der Waals surface area (Å²) in [5.74, 6) is -1.01. The number of carbonyl (C=O) groups is 1. The lowest BCUT2D eigenvalue weighted by Crippen LogP contribution is -2.20. The maximum Gasteiger partial charge on any atom is 0.419 e. The fourth-order valence-corrected chi connectivity index (χ4v) is 3.30. The summed E-state index contributed by atoms with van der Waals surface area (Å²) in [4.78, 5) is 25.4. The van der Waals surface area contributed by atoms with Gasteiger partial charge in [-0.1, -0.05) is 11.3 Å². The number of nitrogens with one attached hydrogen (secondary N) is 3. The first kappa shape index (κ1) is 20.5. The molecule has 29 heavy (non-hydrogen) atoms. The van der Waals surface area contributed by atoms with Gasteiger partial charge in [-0.2, -0.15) is 13.2 Å². The molecule has 12 heteroatoms. The second-order valence-corrected chi connectivity index (χ2v) is 6.72. The Kier molecular flexibility index (Phi) is 5.64. The van der Waals surface area contributed by atoms with Crippen LogP contribution in [0, 0.1) is 12.7 Å². The van der Waals surface area contributed by atoms with Gasteiger partial charge in [0, 0.05) is 18.9 Å². The molecule has 7 nitrogen and oxygen atoms in total. The summed E-state index contributed by atoms with van der Waals surface area (Å²) >= 11 is 1.14. The number of hydrogen-bond donors (Lipinski definition) is 3. The molecule has 0 saturated heterocycles. The van der Waals surface area contributed by atoms with Crippen LogP contribution in [-0.2, 0) is 6.18 Å². The molecule has 3 N–H and O–H groups in total. The summed E-state index contributed by atoms with van der Waals surface area (Å²) in [5.41, 5.74) is -0.473. The van der Waals surface area contributed by atoms with Crippen LogP contribution in [0.5, 0.6) is 0 Å². The molecule has 152 valence electrons. The Balaban J connectivity index is 1.75. The molecule has 0 saturated carbocycles. The summed E-state index contributed by atoms with van der Waals surface area (Å²) in [5, 5.41) is 7.71. The molecular formula is C17H14F4N6OS. The molecule has 0 aliphatic heterocycles. The summed E-state index contributed by atoms with van der Waals surface area (Å²) in [6.07, 6.45) is -3.30. The number of anilines is 3. The lowest BCUT2D eigenvalue weighted by Gasteiger charge is -2.11. The van der Waals surface area contributed by atoms with Crippen LogP contribution in [0.4, 0.5) is 39.1 Å². The Hall–Kier alpha value is -3.28. The molecule has 1 aromatic carbocycles. The fourth-order valence-electron chi connectivity index (χ4n) is 2.37. The highest BCUT2D eigenvalue weighted by atomic mass is 32.1. The van der Waals surface area contributed by atoms with E-state index in [0.717, 1.165) is 17.4 Å². The van der Waals surface area contributed by atoms with Crippen LogP contribution in [0.25, 0.3) is 10.6 Å². The van der Waals surface area contributed by atoms with Gasteiger partial charge in [0.2, 0.25) is 5.95 Å². The predicted molar refractivity (Wildman–Crippen MR) is 101 cm³/mol. The van der Waals surface area contributed by atoms with Gasteiger partial charge in [0.25, 0.3) is 0 Å². The number of rotatable bonds is 4. The maximum absolute atomic E-state index is 13.3. The van der Waals surface area contributed by atoms with Gasteiger partial charge in [-0.15, -0.1) is 0 Å². The molecule has 3 rings (SSSR count). The van der Waals surface area contributed by atoms with Crippen molar-refractivity contribution < 1.29 is 22.4 Å². The topological polar surface area (TPSA) is 91.8 Å². The van der Waals surface area contributed by atoms with Gasteiger partial charge in [0.1, 0.15) is 5.82 Å². The number of benzene rings is 1. The van der Waals surface area contributed by atoms with Crippen molar-refractivity contribution >= 4 is 34.1 Å². The lowest BCUT2D eigenvalue weighted by molar-refractivity contribution is -0.139. The quantitative estimate of drug-likeness (QED) is 0.524. The summed E-state index contributed by atoms with van der Waals surface area (Å²) in [6, 6.07) is 3.06. The molecule has 0 aliphatic carbocycles. The molecule has 0 atom stereocenters. The van der Waals surface area contributed by atoms with E-state index in [4.69, 9.17) is 0 Å². The average molecular weight is 426 g/mol. The van der Waals surface area contributed by atoms with Crippen molar-refractivity contribution in [2.24, 2.45) is 0 Å². The van der Waals surface area contributed by atoms with Gasteiger partial charge in [0.05, 0.1) is 21.8 Å². The van der Waals surface area contributed by atoms with Crippen molar-refractivity contribution in [1.82, 2.24) is 15.0 Å². The molecule has 2 amide bonds. The van der Waals surface area contributed by atoms with Gasteiger partial charge < -0.3 is 10.6 Å². The minimum absolute atomic E-state index is 0.209. The standard InChI is InChI=1S/C17H14F4N6OS/c1-8-13(12-5-6-23-14(22-2)26-12)29-16(24-8)27-15(28)25-9-3-4-11(18)10(7-9)17(19,20)21/h3-7H,1-2H3,(H,22,23,26)(H2,24,25,27,28). The fraction of sp³-hybridized carbons (Fsp3) is 0.176. The molecule has 0 radical (unpaired) electrons. The number of nitrogens with zero attached hydrogens (tertiary/aromatic N) is 3. The highest BCUT2D eigenvalue weighted by Crippen LogP contribution is 2.34. The zero-order chi connectivity index (χ0) is 21.2. The van der Waals surface area contributed by atoms with Crippen molar-refractivity contribution in [1.29, 1.82) is 0 Å². The van der Waals surface area contributed by atoms with Crippen LogP contribution in [0.2, 0.25) is 0 Å². The molecule has 0 spiro atoms. The van der Waals surface area contributed by atoms with Gasteiger partial charge in [0.15, 0.2) is 5.13 Å². The number of halogens is 4. The zero-order valence-corrected chi connectivity index (χ0v) is 15.9. The molecule has 0 aliphatic rings. The van der Waals surface area contributed by atoms with Crippen LogP contribution in [0.15, 0.2) is 30.5 Å². The normalized spacial score (nSPS) is 11.2.